The minimum absolute atomic E-state index is 0.154. The molecule has 2 fully saturated rings. The first kappa shape index (κ1) is 20.9. The fourth-order valence-electron chi connectivity index (χ4n) is 4.26. The van der Waals surface area contributed by atoms with Crippen molar-refractivity contribution in [3.8, 4) is 0 Å². The van der Waals surface area contributed by atoms with Crippen LogP contribution >= 0.6 is 11.6 Å². The topological polar surface area (TPSA) is 61.4 Å². The van der Waals surface area contributed by atoms with Gasteiger partial charge in [0, 0.05) is 11.6 Å². The van der Waals surface area contributed by atoms with Crippen LogP contribution in [0, 0.1) is 11.8 Å². The van der Waals surface area contributed by atoms with Crippen molar-refractivity contribution in [2.45, 2.75) is 45.1 Å². The van der Waals surface area contributed by atoms with Gasteiger partial charge in [-0.05, 0) is 62.2 Å². The molecule has 2 aliphatic rings. The molecule has 0 aliphatic carbocycles. The quantitative estimate of drug-likeness (QED) is 0.676. The number of nitrogens with zero attached hydrogens (tertiary/aromatic N) is 1. The number of rotatable bonds is 7. The predicted octanol–water partition coefficient (Wildman–Crippen LogP) is 3.99. The molecule has 1 atom stereocenters. The average molecular weight is 404 g/mol. The van der Waals surface area contributed by atoms with E-state index in [1.807, 2.05) is 36.4 Å². The predicted molar refractivity (Wildman–Crippen MR) is 113 cm³/mol. The molecule has 2 N–H and O–H groups in total. The Kier molecular flexibility index (Phi) is 6.78. The van der Waals surface area contributed by atoms with Crippen LogP contribution in [0.1, 0.15) is 45.1 Å². The first-order chi connectivity index (χ1) is 13.4. The minimum atomic E-state index is -0.753. The van der Waals surface area contributed by atoms with E-state index in [9.17, 15) is 9.59 Å². The minimum Gasteiger partial charge on any atom is -0.323 e. The van der Waals surface area contributed by atoms with Gasteiger partial charge >= 0.3 is 6.03 Å². The number of carbonyl (C=O) groups excluding carboxylic acids is 2. The van der Waals surface area contributed by atoms with Gasteiger partial charge in [-0.25, -0.2) is 4.79 Å². The van der Waals surface area contributed by atoms with Crippen LogP contribution in [0.5, 0.6) is 0 Å². The lowest BCUT2D eigenvalue weighted by molar-refractivity contribution is -0.127. The molecule has 6 heteroatoms. The summed E-state index contributed by atoms with van der Waals surface area (Å²) < 4.78 is 0. The number of piperidine rings is 1. The lowest BCUT2D eigenvalue weighted by atomic mass is 9.74. The summed E-state index contributed by atoms with van der Waals surface area (Å²) >= 11 is 6.46. The maximum Gasteiger partial charge on any atom is 0.322 e. The SMILES string of the molecule is CC(C)CCC1(C2CCN(C/C(Cl)=C/c3ccccc3)CC2)NC(=O)NC1=O. The molecular formula is C22H30ClN3O2. The van der Waals surface area contributed by atoms with Crippen molar-refractivity contribution in [2.75, 3.05) is 19.6 Å². The van der Waals surface area contributed by atoms with Gasteiger partial charge in [0.2, 0.25) is 0 Å². The third-order valence-corrected chi connectivity index (χ3v) is 6.10. The van der Waals surface area contributed by atoms with Crippen LogP contribution < -0.4 is 10.6 Å². The number of amides is 3. The number of benzene rings is 1. The Morgan fingerprint density at radius 1 is 1.25 bits per heavy atom. The summed E-state index contributed by atoms with van der Waals surface area (Å²) in [5.74, 6) is 0.494. The first-order valence-corrected chi connectivity index (χ1v) is 10.5. The van der Waals surface area contributed by atoms with Crippen molar-refractivity contribution in [2.24, 2.45) is 11.8 Å². The van der Waals surface area contributed by atoms with E-state index < -0.39 is 5.54 Å². The van der Waals surface area contributed by atoms with Gasteiger partial charge in [-0.2, -0.15) is 0 Å². The molecule has 0 bridgehead atoms. The van der Waals surface area contributed by atoms with Crippen molar-refractivity contribution in [3.63, 3.8) is 0 Å². The summed E-state index contributed by atoms with van der Waals surface area (Å²) in [6, 6.07) is 9.70. The second-order valence-corrected chi connectivity index (χ2v) is 8.85. The van der Waals surface area contributed by atoms with Gasteiger partial charge in [-0.1, -0.05) is 55.8 Å². The van der Waals surface area contributed by atoms with E-state index in [-0.39, 0.29) is 17.9 Å². The number of hydrogen-bond acceptors (Lipinski definition) is 3. The smallest absolute Gasteiger partial charge is 0.322 e. The van der Waals surface area contributed by atoms with Crippen LogP contribution in [0.15, 0.2) is 35.4 Å². The molecule has 0 radical (unpaired) electrons. The van der Waals surface area contributed by atoms with Crippen molar-refractivity contribution in [1.29, 1.82) is 0 Å². The van der Waals surface area contributed by atoms with E-state index in [0.717, 1.165) is 42.9 Å². The number of nitrogens with one attached hydrogen (secondary N) is 2. The highest BCUT2D eigenvalue weighted by molar-refractivity contribution is 6.31. The molecule has 1 aromatic rings. The van der Waals surface area contributed by atoms with Crippen LogP contribution in [0.3, 0.4) is 0 Å². The van der Waals surface area contributed by atoms with E-state index in [1.54, 1.807) is 0 Å². The maximum atomic E-state index is 12.6. The normalized spacial score (nSPS) is 24.5. The Labute approximate surface area is 172 Å². The highest BCUT2D eigenvalue weighted by atomic mass is 35.5. The second-order valence-electron chi connectivity index (χ2n) is 8.36. The molecule has 2 aliphatic heterocycles. The molecule has 2 heterocycles. The van der Waals surface area contributed by atoms with E-state index in [0.29, 0.717) is 18.9 Å². The van der Waals surface area contributed by atoms with Crippen LogP contribution in [0.4, 0.5) is 4.79 Å². The van der Waals surface area contributed by atoms with Gasteiger partial charge in [-0.15, -0.1) is 0 Å². The van der Waals surface area contributed by atoms with Gasteiger partial charge in [0.1, 0.15) is 5.54 Å². The highest BCUT2D eigenvalue weighted by Crippen LogP contribution is 2.35. The Morgan fingerprint density at radius 3 is 2.50 bits per heavy atom. The molecule has 3 rings (SSSR count). The molecule has 0 saturated carbocycles. The second kappa shape index (κ2) is 9.10. The Bertz CT molecular complexity index is 727. The van der Waals surface area contributed by atoms with Crippen molar-refractivity contribution < 1.29 is 9.59 Å². The van der Waals surface area contributed by atoms with E-state index >= 15 is 0 Å². The summed E-state index contributed by atoms with van der Waals surface area (Å²) in [5.41, 5.74) is 0.345. The van der Waals surface area contributed by atoms with E-state index in [2.05, 4.69) is 29.4 Å². The lowest BCUT2D eigenvalue weighted by Gasteiger charge is -2.41. The molecule has 1 unspecified atom stereocenters. The third-order valence-electron chi connectivity index (χ3n) is 5.87. The largest absolute Gasteiger partial charge is 0.323 e. The summed E-state index contributed by atoms with van der Waals surface area (Å²) in [5, 5.41) is 6.25. The monoisotopic (exact) mass is 403 g/mol. The van der Waals surface area contributed by atoms with Gasteiger partial charge in [-0.3, -0.25) is 15.0 Å². The van der Waals surface area contributed by atoms with Gasteiger partial charge in [0.25, 0.3) is 5.91 Å². The van der Waals surface area contributed by atoms with E-state index in [1.165, 1.54) is 0 Å². The summed E-state index contributed by atoms with van der Waals surface area (Å²) in [6.07, 6.45) is 5.37. The third kappa shape index (κ3) is 4.95. The maximum absolute atomic E-state index is 12.6. The Hall–Kier alpha value is -1.85. The summed E-state index contributed by atoms with van der Waals surface area (Å²) in [4.78, 5) is 26.8. The number of hydrogen-bond donors (Lipinski definition) is 2. The fourth-order valence-corrected chi connectivity index (χ4v) is 4.56. The fraction of sp³-hybridized carbons (Fsp3) is 0.545. The van der Waals surface area contributed by atoms with Crippen molar-refractivity contribution in [3.05, 3.63) is 40.9 Å². The molecule has 5 nitrogen and oxygen atoms in total. The van der Waals surface area contributed by atoms with Crippen molar-refractivity contribution >= 4 is 29.6 Å². The van der Waals surface area contributed by atoms with Gasteiger partial charge < -0.3 is 5.32 Å². The van der Waals surface area contributed by atoms with Gasteiger partial charge in [0.15, 0.2) is 0 Å². The zero-order chi connectivity index (χ0) is 20.1. The van der Waals surface area contributed by atoms with Crippen LogP contribution in [-0.4, -0.2) is 42.0 Å². The molecular weight excluding hydrogens is 374 g/mol. The molecule has 152 valence electrons. The van der Waals surface area contributed by atoms with Crippen LogP contribution in [0.2, 0.25) is 0 Å². The Morgan fingerprint density at radius 2 is 1.93 bits per heavy atom. The van der Waals surface area contributed by atoms with Gasteiger partial charge in [0.05, 0.1) is 0 Å². The Balaban J connectivity index is 1.60. The first-order valence-electron chi connectivity index (χ1n) is 10.2. The van der Waals surface area contributed by atoms with Crippen LogP contribution in [0.25, 0.3) is 6.08 Å². The summed E-state index contributed by atoms with van der Waals surface area (Å²) in [6.45, 7) is 6.74. The highest BCUT2D eigenvalue weighted by Gasteiger charge is 2.51. The number of urea groups is 1. The van der Waals surface area contributed by atoms with Crippen molar-refractivity contribution in [1.82, 2.24) is 15.5 Å². The molecule has 1 aromatic carbocycles. The molecule has 28 heavy (non-hydrogen) atoms. The molecule has 2 saturated heterocycles. The molecule has 0 aromatic heterocycles. The zero-order valence-electron chi connectivity index (χ0n) is 16.7. The summed E-state index contributed by atoms with van der Waals surface area (Å²) in [7, 11) is 0. The average Bonchev–Trinajstić information content (AvgIpc) is 2.95. The number of carbonyl (C=O) groups is 2. The van der Waals surface area contributed by atoms with E-state index in [4.69, 9.17) is 11.6 Å². The number of likely N-dealkylation sites (tertiary alicyclic amines) is 1. The molecule has 0 spiro atoms. The number of halogens is 1. The van der Waals surface area contributed by atoms with Crippen LogP contribution in [-0.2, 0) is 4.79 Å². The number of imide groups is 1. The lowest BCUT2D eigenvalue weighted by Crippen LogP contribution is -2.56. The standard InChI is InChI=1S/C22H30ClN3O2/c1-16(2)8-11-22(20(27)24-21(28)25-22)18-9-12-26(13-10-18)15-19(23)14-17-6-4-3-5-7-17/h3-7,14,16,18H,8-13,15H2,1-2H3,(H2,24,25,27,28)/b19-14-. The zero-order valence-corrected chi connectivity index (χ0v) is 17.5. The molecule has 3 amide bonds.